The lowest BCUT2D eigenvalue weighted by atomic mass is 10.1. The van der Waals surface area contributed by atoms with Crippen LogP contribution in [0.25, 0.3) is 10.4 Å². The van der Waals surface area contributed by atoms with E-state index in [0.717, 1.165) is 28.5 Å². The zero-order chi connectivity index (χ0) is 20.1. The summed E-state index contributed by atoms with van der Waals surface area (Å²) in [7, 11) is 0. The van der Waals surface area contributed by atoms with Gasteiger partial charge >= 0.3 is 12.1 Å². The van der Waals surface area contributed by atoms with Gasteiger partial charge in [-0.3, -0.25) is 9.89 Å². The van der Waals surface area contributed by atoms with Crippen molar-refractivity contribution >= 4 is 28.9 Å². The van der Waals surface area contributed by atoms with Crippen molar-refractivity contribution < 1.29 is 27.6 Å². The van der Waals surface area contributed by atoms with Crippen molar-refractivity contribution in [3.8, 4) is 10.4 Å². The Kier molecular flexibility index (Phi) is 4.54. The fourth-order valence-corrected chi connectivity index (χ4v) is 4.45. The number of hydrogen-bond donors (Lipinski definition) is 3. The monoisotopic (exact) mass is 415 g/mol. The van der Waals surface area contributed by atoms with Crippen LogP contribution in [0.5, 0.6) is 0 Å². The fourth-order valence-electron chi connectivity index (χ4n) is 3.34. The normalized spacial score (nSPS) is 22.1. The van der Waals surface area contributed by atoms with E-state index in [4.69, 9.17) is 4.84 Å². The van der Waals surface area contributed by atoms with Gasteiger partial charge < -0.3 is 15.5 Å². The second-order valence-corrected chi connectivity index (χ2v) is 7.61. The molecule has 1 amide bonds. The number of anilines is 1. The standard InChI is InChI=1S/C16H16F3N5O3S/c1-7-8(6-21-23-7)11-5-10-12(28-11)14(25)22-13(9-3-2-4-20-9)24(10)27-15(26)16(17,18)19/h5-6,9,13,20H,2-4H2,1H3,(H,21,23)(H,22,25)/t9-,13?/m1/s1. The average molecular weight is 415 g/mol. The molecule has 0 spiro atoms. The SMILES string of the molecule is Cc1[nH]ncc1-c1cc2c(s1)C(=O)NC([C@H]1CCCN1)N2OC(=O)C(F)(F)F. The molecular formula is C16H16F3N5O3S. The Morgan fingerprint density at radius 3 is 2.82 bits per heavy atom. The van der Waals surface area contributed by atoms with Crippen LogP contribution in [0, 0.1) is 6.92 Å². The van der Waals surface area contributed by atoms with Gasteiger partial charge in [-0.2, -0.15) is 23.3 Å². The second-order valence-electron chi connectivity index (χ2n) is 6.56. The maximum Gasteiger partial charge on any atom is 0.493 e. The Hall–Kier alpha value is -2.60. The fraction of sp³-hybridized carbons (Fsp3) is 0.438. The number of aromatic amines is 1. The number of aryl methyl sites for hydroxylation is 1. The van der Waals surface area contributed by atoms with Crippen molar-refractivity contribution in [1.82, 2.24) is 20.8 Å². The third kappa shape index (κ3) is 3.22. The summed E-state index contributed by atoms with van der Waals surface area (Å²) in [6.07, 6.45) is -3.12. The lowest BCUT2D eigenvalue weighted by molar-refractivity contribution is -0.202. The molecule has 2 aliphatic rings. The molecule has 1 saturated heterocycles. The maximum atomic E-state index is 12.8. The van der Waals surface area contributed by atoms with Crippen molar-refractivity contribution in [2.24, 2.45) is 0 Å². The molecular weight excluding hydrogens is 399 g/mol. The van der Waals surface area contributed by atoms with E-state index < -0.39 is 24.2 Å². The molecule has 4 rings (SSSR count). The number of amides is 1. The zero-order valence-electron chi connectivity index (χ0n) is 14.6. The van der Waals surface area contributed by atoms with Crippen LogP contribution in [0.15, 0.2) is 12.3 Å². The summed E-state index contributed by atoms with van der Waals surface area (Å²) in [5.74, 6) is -2.77. The summed E-state index contributed by atoms with van der Waals surface area (Å²) in [5.41, 5.74) is 1.58. The van der Waals surface area contributed by atoms with Crippen molar-refractivity contribution in [3.63, 3.8) is 0 Å². The second kappa shape index (κ2) is 6.78. The molecule has 0 aliphatic carbocycles. The highest BCUT2D eigenvalue weighted by molar-refractivity contribution is 7.18. The Balaban J connectivity index is 1.75. The van der Waals surface area contributed by atoms with E-state index in [0.29, 0.717) is 23.4 Å². The lowest BCUT2D eigenvalue weighted by Gasteiger charge is -2.38. The molecule has 0 aromatic carbocycles. The predicted octanol–water partition coefficient (Wildman–Crippen LogP) is 2.10. The van der Waals surface area contributed by atoms with Gasteiger partial charge in [0.2, 0.25) is 0 Å². The third-order valence-electron chi connectivity index (χ3n) is 4.68. The molecule has 12 heteroatoms. The van der Waals surface area contributed by atoms with E-state index in [1.165, 1.54) is 0 Å². The number of hydrogen-bond acceptors (Lipinski definition) is 7. The summed E-state index contributed by atoms with van der Waals surface area (Å²) >= 11 is 1.09. The number of carbonyl (C=O) groups excluding carboxylic acids is 2. The number of thiophene rings is 1. The van der Waals surface area contributed by atoms with Gasteiger partial charge in [0.1, 0.15) is 10.6 Å². The average Bonchev–Trinajstić information content (AvgIpc) is 3.35. The molecule has 3 N–H and O–H groups in total. The number of rotatable bonds is 3. The van der Waals surface area contributed by atoms with E-state index in [1.807, 2.05) is 0 Å². The molecule has 0 saturated carbocycles. The van der Waals surface area contributed by atoms with Gasteiger partial charge in [0, 0.05) is 22.2 Å². The van der Waals surface area contributed by atoms with E-state index in [2.05, 4.69) is 20.8 Å². The van der Waals surface area contributed by atoms with E-state index in [1.54, 1.807) is 19.2 Å². The van der Waals surface area contributed by atoms with Gasteiger partial charge in [-0.1, -0.05) is 0 Å². The predicted molar refractivity (Wildman–Crippen MR) is 93.5 cm³/mol. The first-order chi connectivity index (χ1) is 13.3. The molecule has 150 valence electrons. The van der Waals surface area contributed by atoms with Gasteiger partial charge in [-0.25, -0.2) is 4.79 Å². The minimum atomic E-state index is -5.16. The largest absolute Gasteiger partial charge is 0.493 e. The minimum absolute atomic E-state index is 0.126. The first-order valence-electron chi connectivity index (χ1n) is 8.52. The van der Waals surface area contributed by atoms with Gasteiger partial charge in [0.05, 0.1) is 6.20 Å². The first-order valence-corrected chi connectivity index (χ1v) is 9.34. The first kappa shape index (κ1) is 18.7. The summed E-state index contributed by atoms with van der Waals surface area (Å²) in [4.78, 5) is 29.7. The van der Waals surface area contributed by atoms with Crippen LogP contribution in [0.2, 0.25) is 0 Å². The lowest BCUT2D eigenvalue weighted by Crippen LogP contribution is -2.61. The number of fused-ring (bicyclic) bond motifs is 1. The molecule has 28 heavy (non-hydrogen) atoms. The van der Waals surface area contributed by atoms with Crippen LogP contribution < -0.4 is 15.7 Å². The van der Waals surface area contributed by atoms with Crippen molar-refractivity contribution in [2.75, 3.05) is 11.6 Å². The molecule has 1 fully saturated rings. The van der Waals surface area contributed by atoms with E-state index in [9.17, 15) is 22.8 Å². The number of H-pyrrole nitrogens is 1. The smallest absolute Gasteiger partial charge is 0.330 e. The number of hydroxylamine groups is 1. The van der Waals surface area contributed by atoms with E-state index in [-0.39, 0.29) is 16.6 Å². The summed E-state index contributed by atoms with van der Waals surface area (Å²) in [6.45, 7) is 2.45. The highest BCUT2D eigenvalue weighted by atomic mass is 32.1. The molecule has 4 heterocycles. The van der Waals surface area contributed by atoms with Crippen LogP contribution in [0.3, 0.4) is 0 Å². The van der Waals surface area contributed by atoms with Crippen LogP contribution in [0.4, 0.5) is 18.9 Å². The molecule has 2 aliphatic heterocycles. The van der Waals surface area contributed by atoms with Crippen LogP contribution >= 0.6 is 11.3 Å². The van der Waals surface area contributed by atoms with Gasteiger partial charge in [0.25, 0.3) is 5.91 Å². The molecule has 2 aromatic rings. The summed E-state index contributed by atoms with van der Waals surface area (Å²) in [5, 5.41) is 13.3. The van der Waals surface area contributed by atoms with Crippen molar-refractivity contribution in [1.29, 1.82) is 0 Å². The third-order valence-corrected chi connectivity index (χ3v) is 5.83. The summed E-state index contributed by atoms with van der Waals surface area (Å²) in [6, 6.07) is 1.19. The van der Waals surface area contributed by atoms with Crippen molar-refractivity contribution in [2.45, 2.75) is 38.1 Å². The molecule has 8 nitrogen and oxygen atoms in total. The maximum absolute atomic E-state index is 12.8. The topological polar surface area (TPSA) is 99.3 Å². The highest BCUT2D eigenvalue weighted by Gasteiger charge is 2.47. The minimum Gasteiger partial charge on any atom is -0.330 e. The number of nitrogens with one attached hydrogen (secondary N) is 3. The van der Waals surface area contributed by atoms with Crippen molar-refractivity contribution in [3.05, 3.63) is 22.8 Å². The molecule has 2 aromatic heterocycles. The number of halogens is 3. The van der Waals surface area contributed by atoms with Crippen LogP contribution in [-0.2, 0) is 9.63 Å². The Morgan fingerprint density at radius 2 is 2.21 bits per heavy atom. The Morgan fingerprint density at radius 1 is 1.43 bits per heavy atom. The number of aromatic nitrogens is 2. The van der Waals surface area contributed by atoms with Crippen LogP contribution in [0.1, 0.15) is 28.2 Å². The highest BCUT2D eigenvalue weighted by Crippen LogP contribution is 2.41. The van der Waals surface area contributed by atoms with Gasteiger partial charge in [0.15, 0.2) is 6.17 Å². The quantitative estimate of drug-likeness (QED) is 0.710. The molecule has 2 atom stereocenters. The van der Waals surface area contributed by atoms with Gasteiger partial charge in [-0.15, -0.1) is 11.3 Å². The van der Waals surface area contributed by atoms with Gasteiger partial charge in [-0.05, 0) is 32.4 Å². The Bertz CT molecular complexity index is 919. The molecule has 1 unspecified atom stereocenters. The van der Waals surface area contributed by atoms with Crippen LogP contribution in [-0.4, -0.2) is 47.0 Å². The zero-order valence-corrected chi connectivity index (χ0v) is 15.4. The Labute approximate surface area is 161 Å². The molecule has 0 radical (unpaired) electrons. The summed E-state index contributed by atoms with van der Waals surface area (Å²) < 4.78 is 38.5. The number of carbonyl (C=O) groups is 2. The molecule has 0 bridgehead atoms. The number of alkyl halides is 3. The van der Waals surface area contributed by atoms with E-state index >= 15 is 0 Å². The number of nitrogens with zero attached hydrogens (tertiary/aromatic N) is 2.